The first-order valence-electron chi connectivity index (χ1n) is 8.79. The summed E-state index contributed by atoms with van der Waals surface area (Å²) in [5.41, 5.74) is 1.36. The number of benzene rings is 2. The van der Waals surface area contributed by atoms with Crippen molar-refractivity contribution in [3.8, 4) is 11.5 Å². The third-order valence-electron chi connectivity index (χ3n) is 5.03. The van der Waals surface area contributed by atoms with Crippen LogP contribution in [0.3, 0.4) is 0 Å². The van der Waals surface area contributed by atoms with Crippen LogP contribution in [0, 0.1) is 0 Å². The minimum absolute atomic E-state index is 0.124. The second-order valence-electron chi connectivity index (χ2n) is 6.50. The standard InChI is InChI=1S/C21H25NO3/c1-24-18-13-9-12-17(19(18)25-2)20(23)22-21(14-7-4-8-15-21)16-10-5-3-6-11-16/h3,5-6,9-13H,4,7-8,14-15H2,1-2H3,(H,22,23). The topological polar surface area (TPSA) is 47.6 Å². The van der Waals surface area contributed by atoms with Gasteiger partial charge < -0.3 is 14.8 Å². The lowest BCUT2D eigenvalue weighted by molar-refractivity contribution is 0.0862. The number of amides is 1. The van der Waals surface area contributed by atoms with E-state index in [4.69, 9.17) is 9.47 Å². The van der Waals surface area contributed by atoms with Crippen molar-refractivity contribution < 1.29 is 14.3 Å². The number of methoxy groups -OCH3 is 2. The van der Waals surface area contributed by atoms with Crippen LogP contribution in [0.1, 0.15) is 48.0 Å². The Labute approximate surface area is 149 Å². The average Bonchev–Trinajstić information content (AvgIpc) is 2.68. The summed E-state index contributed by atoms with van der Waals surface area (Å²) in [7, 11) is 3.13. The zero-order valence-corrected chi connectivity index (χ0v) is 14.9. The van der Waals surface area contributed by atoms with E-state index in [-0.39, 0.29) is 11.4 Å². The smallest absolute Gasteiger partial charge is 0.255 e. The van der Waals surface area contributed by atoms with E-state index in [1.165, 1.54) is 12.0 Å². The number of nitrogens with one attached hydrogen (secondary N) is 1. The lowest BCUT2D eigenvalue weighted by Gasteiger charge is -2.39. The molecule has 0 aromatic heterocycles. The molecule has 4 nitrogen and oxygen atoms in total. The molecule has 1 aliphatic rings. The fraction of sp³-hybridized carbons (Fsp3) is 0.381. The highest BCUT2D eigenvalue weighted by Gasteiger charge is 2.36. The lowest BCUT2D eigenvalue weighted by Crippen LogP contribution is -2.47. The zero-order valence-electron chi connectivity index (χ0n) is 14.9. The SMILES string of the molecule is COc1cccc(C(=O)NC2(c3ccccc3)CCCCC2)c1OC. The van der Waals surface area contributed by atoms with Gasteiger partial charge in [-0.15, -0.1) is 0 Å². The molecule has 0 bridgehead atoms. The molecule has 0 heterocycles. The van der Waals surface area contributed by atoms with Gasteiger partial charge in [0.25, 0.3) is 5.91 Å². The van der Waals surface area contributed by atoms with Gasteiger partial charge in [0.2, 0.25) is 0 Å². The van der Waals surface area contributed by atoms with Crippen molar-refractivity contribution in [2.75, 3.05) is 14.2 Å². The Morgan fingerprint density at radius 1 is 0.920 bits per heavy atom. The molecule has 2 aromatic rings. The zero-order chi connectivity index (χ0) is 17.7. The molecule has 0 aliphatic heterocycles. The number of para-hydroxylation sites is 1. The van der Waals surface area contributed by atoms with Crippen molar-refractivity contribution in [2.45, 2.75) is 37.6 Å². The maximum atomic E-state index is 13.1. The van der Waals surface area contributed by atoms with Gasteiger partial charge >= 0.3 is 0 Å². The Morgan fingerprint density at radius 2 is 1.64 bits per heavy atom. The van der Waals surface area contributed by atoms with Gasteiger partial charge in [0.1, 0.15) is 0 Å². The van der Waals surface area contributed by atoms with Crippen molar-refractivity contribution in [1.29, 1.82) is 0 Å². The molecule has 0 radical (unpaired) electrons. The molecular formula is C21H25NO3. The normalized spacial score (nSPS) is 16.1. The number of hydrogen-bond donors (Lipinski definition) is 1. The van der Waals surface area contributed by atoms with Gasteiger partial charge in [-0.25, -0.2) is 0 Å². The van der Waals surface area contributed by atoms with Crippen LogP contribution in [0.15, 0.2) is 48.5 Å². The Hall–Kier alpha value is -2.49. The van der Waals surface area contributed by atoms with E-state index in [0.717, 1.165) is 25.7 Å². The number of ether oxygens (including phenoxy) is 2. The molecule has 2 aromatic carbocycles. The van der Waals surface area contributed by atoms with Crippen molar-refractivity contribution in [3.63, 3.8) is 0 Å². The second kappa shape index (κ2) is 7.60. The van der Waals surface area contributed by atoms with Crippen molar-refractivity contribution in [2.24, 2.45) is 0 Å². The van der Waals surface area contributed by atoms with Gasteiger partial charge in [0.15, 0.2) is 11.5 Å². The minimum Gasteiger partial charge on any atom is -0.493 e. The second-order valence-corrected chi connectivity index (χ2v) is 6.50. The highest BCUT2D eigenvalue weighted by Crippen LogP contribution is 2.38. The molecule has 1 aliphatic carbocycles. The number of carbonyl (C=O) groups excluding carboxylic acids is 1. The van der Waals surface area contributed by atoms with E-state index in [9.17, 15) is 4.79 Å². The van der Waals surface area contributed by atoms with Crippen LogP contribution < -0.4 is 14.8 Å². The summed E-state index contributed by atoms with van der Waals surface area (Å²) in [5, 5.41) is 3.32. The molecule has 25 heavy (non-hydrogen) atoms. The van der Waals surface area contributed by atoms with Crippen molar-refractivity contribution in [1.82, 2.24) is 5.32 Å². The maximum absolute atomic E-state index is 13.1. The van der Waals surface area contributed by atoms with Crippen LogP contribution in [0.2, 0.25) is 0 Å². The third-order valence-corrected chi connectivity index (χ3v) is 5.03. The fourth-order valence-electron chi connectivity index (χ4n) is 3.75. The van der Waals surface area contributed by atoms with Crippen LogP contribution in [0.4, 0.5) is 0 Å². The lowest BCUT2D eigenvalue weighted by atomic mass is 9.76. The number of hydrogen-bond acceptors (Lipinski definition) is 3. The monoisotopic (exact) mass is 339 g/mol. The van der Waals surface area contributed by atoms with Gasteiger partial charge in [-0.2, -0.15) is 0 Å². The van der Waals surface area contributed by atoms with Crippen LogP contribution in [0.5, 0.6) is 11.5 Å². The Kier molecular flexibility index (Phi) is 5.27. The molecule has 0 atom stereocenters. The molecular weight excluding hydrogens is 314 g/mol. The summed E-state index contributed by atoms with van der Waals surface area (Å²) in [5.74, 6) is 0.913. The molecule has 1 N–H and O–H groups in total. The molecule has 1 saturated carbocycles. The van der Waals surface area contributed by atoms with Crippen LogP contribution in [-0.2, 0) is 5.54 Å². The molecule has 3 rings (SSSR count). The Balaban J connectivity index is 1.94. The summed E-state index contributed by atoms with van der Waals surface area (Å²) < 4.78 is 10.8. The van der Waals surface area contributed by atoms with Gasteiger partial charge in [-0.1, -0.05) is 55.7 Å². The van der Waals surface area contributed by atoms with Gasteiger partial charge in [0, 0.05) is 0 Å². The first-order chi connectivity index (χ1) is 12.2. The van der Waals surface area contributed by atoms with E-state index in [1.807, 2.05) is 24.3 Å². The molecule has 4 heteroatoms. The Morgan fingerprint density at radius 3 is 2.28 bits per heavy atom. The molecule has 0 saturated heterocycles. The van der Waals surface area contributed by atoms with Crippen molar-refractivity contribution >= 4 is 5.91 Å². The summed E-state index contributed by atoms with van der Waals surface area (Å²) in [6.07, 6.45) is 5.35. The number of rotatable bonds is 5. The summed E-state index contributed by atoms with van der Waals surface area (Å²) in [6.45, 7) is 0. The highest BCUT2D eigenvalue weighted by molar-refractivity contribution is 5.98. The third kappa shape index (κ3) is 3.48. The van der Waals surface area contributed by atoms with Gasteiger partial charge in [0.05, 0.1) is 25.3 Å². The van der Waals surface area contributed by atoms with Gasteiger partial charge in [-0.3, -0.25) is 4.79 Å². The molecule has 132 valence electrons. The summed E-state index contributed by atoms with van der Waals surface area (Å²) in [4.78, 5) is 13.1. The predicted molar refractivity (Wildman–Crippen MR) is 98.2 cm³/mol. The van der Waals surface area contributed by atoms with Crippen LogP contribution in [-0.4, -0.2) is 20.1 Å². The maximum Gasteiger partial charge on any atom is 0.255 e. The quantitative estimate of drug-likeness (QED) is 0.884. The summed E-state index contributed by atoms with van der Waals surface area (Å²) >= 11 is 0. The average molecular weight is 339 g/mol. The molecule has 0 unspecified atom stereocenters. The van der Waals surface area contributed by atoms with Gasteiger partial charge in [-0.05, 0) is 30.5 Å². The minimum atomic E-state index is -0.315. The van der Waals surface area contributed by atoms with Crippen LogP contribution in [0.25, 0.3) is 0 Å². The molecule has 0 spiro atoms. The first-order valence-corrected chi connectivity index (χ1v) is 8.79. The number of carbonyl (C=O) groups is 1. The van der Waals surface area contributed by atoms with E-state index in [1.54, 1.807) is 26.4 Å². The van der Waals surface area contributed by atoms with Crippen molar-refractivity contribution in [3.05, 3.63) is 59.7 Å². The van der Waals surface area contributed by atoms with E-state index >= 15 is 0 Å². The fourth-order valence-corrected chi connectivity index (χ4v) is 3.75. The summed E-state index contributed by atoms with van der Waals surface area (Å²) in [6, 6.07) is 15.7. The predicted octanol–water partition coefficient (Wildman–Crippen LogP) is 4.29. The van der Waals surface area contributed by atoms with E-state index in [2.05, 4.69) is 17.4 Å². The Bertz CT molecular complexity index is 721. The highest BCUT2D eigenvalue weighted by atomic mass is 16.5. The molecule has 1 amide bonds. The van der Waals surface area contributed by atoms with E-state index < -0.39 is 0 Å². The van der Waals surface area contributed by atoms with E-state index in [0.29, 0.717) is 17.1 Å². The molecule has 1 fully saturated rings. The largest absolute Gasteiger partial charge is 0.493 e. The first kappa shape index (κ1) is 17.3. The van der Waals surface area contributed by atoms with Crippen LogP contribution >= 0.6 is 0 Å².